The summed E-state index contributed by atoms with van der Waals surface area (Å²) in [5, 5.41) is 9.21. The number of pyridine rings is 1. The molecule has 25 heavy (non-hydrogen) atoms. The lowest BCUT2D eigenvalue weighted by molar-refractivity contribution is -0.116. The maximum atomic E-state index is 11.9. The van der Waals surface area contributed by atoms with E-state index >= 15 is 0 Å². The molecule has 7 heteroatoms. The summed E-state index contributed by atoms with van der Waals surface area (Å²) in [6.45, 7) is 10.5. The lowest BCUT2D eigenvalue weighted by Crippen LogP contribution is -2.39. The predicted molar refractivity (Wildman–Crippen MR) is 116 cm³/mol. The average Bonchev–Trinajstić information content (AvgIpc) is 2.57. The van der Waals surface area contributed by atoms with Gasteiger partial charge in [-0.1, -0.05) is 32.8 Å². The molecule has 0 spiro atoms. The standard InChI is InChI=1S/C18H31N5O.HI/c1-5-15(6-2)13-22-18(19-7-3)20-11-10-17(24)23-16-9-8-14(4)12-21-16;/h8-9,12,15H,5-7,10-11,13H2,1-4H3,(H2,19,20,22)(H,21,23,24);1H. The normalized spacial score (nSPS) is 11.0. The van der Waals surface area contributed by atoms with Crippen LogP contribution in [0.3, 0.4) is 0 Å². The fourth-order valence-corrected chi connectivity index (χ4v) is 2.15. The van der Waals surface area contributed by atoms with Crippen LogP contribution in [0.25, 0.3) is 0 Å². The van der Waals surface area contributed by atoms with Crippen molar-refractivity contribution in [1.82, 2.24) is 15.6 Å². The van der Waals surface area contributed by atoms with Gasteiger partial charge in [0.15, 0.2) is 5.96 Å². The highest BCUT2D eigenvalue weighted by atomic mass is 127. The van der Waals surface area contributed by atoms with Gasteiger partial charge in [0.25, 0.3) is 0 Å². The number of guanidine groups is 1. The zero-order valence-corrected chi connectivity index (χ0v) is 18.1. The van der Waals surface area contributed by atoms with Crippen LogP contribution >= 0.6 is 24.0 Å². The van der Waals surface area contributed by atoms with Gasteiger partial charge < -0.3 is 16.0 Å². The predicted octanol–water partition coefficient (Wildman–Crippen LogP) is 3.33. The minimum absolute atomic E-state index is 0. The molecule has 1 amide bonds. The summed E-state index contributed by atoms with van der Waals surface area (Å²) in [6.07, 6.45) is 4.36. The van der Waals surface area contributed by atoms with Crippen LogP contribution in [0.5, 0.6) is 0 Å². The largest absolute Gasteiger partial charge is 0.357 e. The van der Waals surface area contributed by atoms with Crippen LogP contribution in [-0.2, 0) is 4.79 Å². The number of nitrogens with one attached hydrogen (secondary N) is 3. The summed E-state index contributed by atoms with van der Waals surface area (Å²) in [4.78, 5) is 20.7. The van der Waals surface area contributed by atoms with E-state index in [4.69, 9.17) is 0 Å². The van der Waals surface area contributed by atoms with E-state index in [9.17, 15) is 4.79 Å². The zero-order valence-electron chi connectivity index (χ0n) is 15.8. The van der Waals surface area contributed by atoms with Gasteiger partial charge in [-0.25, -0.2) is 4.98 Å². The number of carbonyl (C=O) groups is 1. The molecule has 1 aromatic rings. The third-order valence-electron chi connectivity index (χ3n) is 3.83. The minimum Gasteiger partial charge on any atom is -0.357 e. The van der Waals surface area contributed by atoms with Gasteiger partial charge in [-0.2, -0.15) is 0 Å². The van der Waals surface area contributed by atoms with Crippen LogP contribution < -0.4 is 16.0 Å². The van der Waals surface area contributed by atoms with E-state index < -0.39 is 0 Å². The Morgan fingerprint density at radius 2 is 1.92 bits per heavy atom. The maximum Gasteiger partial charge on any atom is 0.227 e. The Bertz CT molecular complexity index is 515. The first kappa shape index (κ1) is 23.6. The SMILES string of the molecule is CCNC(=NCC(CC)CC)NCCC(=O)Nc1ccc(C)cn1.I. The van der Waals surface area contributed by atoms with Crippen molar-refractivity contribution in [3.8, 4) is 0 Å². The van der Waals surface area contributed by atoms with Crippen molar-refractivity contribution in [3.63, 3.8) is 0 Å². The van der Waals surface area contributed by atoms with Gasteiger partial charge in [0, 0.05) is 32.3 Å². The second-order valence-corrected chi connectivity index (χ2v) is 5.85. The first-order valence-corrected chi connectivity index (χ1v) is 8.83. The Kier molecular flexibility index (Phi) is 13.1. The van der Waals surface area contributed by atoms with E-state index in [-0.39, 0.29) is 29.9 Å². The van der Waals surface area contributed by atoms with Crippen LogP contribution in [0.1, 0.15) is 45.6 Å². The van der Waals surface area contributed by atoms with Gasteiger partial charge in [0.05, 0.1) is 0 Å². The molecule has 3 N–H and O–H groups in total. The summed E-state index contributed by atoms with van der Waals surface area (Å²) < 4.78 is 0. The van der Waals surface area contributed by atoms with Gasteiger partial charge >= 0.3 is 0 Å². The number of aliphatic imine (C=N–C) groups is 1. The Morgan fingerprint density at radius 1 is 1.20 bits per heavy atom. The van der Waals surface area contributed by atoms with Crippen LogP contribution in [0, 0.1) is 12.8 Å². The zero-order chi connectivity index (χ0) is 17.8. The summed E-state index contributed by atoms with van der Waals surface area (Å²) in [5.41, 5.74) is 1.07. The quantitative estimate of drug-likeness (QED) is 0.300. The lowest BCUT2D eigenvalue weighted by atomic mass is 10.0. The van der Waals surface area contributed by atoms with Crippen LogP contribution in [0.4, 0.5) is 5.82 Å². The van der Waals surface area contributed by atoms with Crippen molar-refractivity contribution in [1.29, 1.82) is 0 Å². The molecule has 0 aromatic carbocycles. The first-order chi connectivity index (χ1) is 11.6. The molecular weight excluding hydrogens is 429 g/mol. The molecule has 0 saturated heterocycles. The van der Waals surface area contributed by atoms with Crippen LogP contribution in [0.2, 0.25) is 0 Å². The number of anilines is 1. The van der Waals surface area contributed by atoms with Crippen molar-refractivity contribution in [2.45, 2.75) is 47.0 Å². The number of amides is 1. The van der Waals surface area contributed by atoms with Gasteiger partial charge in [-0.05, 0) is 31.4 Å². The minimum atomic E-state index is -0.0605. The highest BCUT2D eigenvalue weighted by Crippen LogP contribution is 2.07. The Hall–Kier alpha value is -1.38. The molecule has 1 rings (SSSR count). The molecule has 142 valence electrons. The Morgan fingerprint density at radius 3 is 2.48 bits per heavy atom. The third-order valence-corrected chi connectivity index (χ3v) is 3.83. The molecule has 0 aliphatic rings. The molecule has 0 atom stereocenters. The Labute approximate surface area is 168 Å². The molecule has 0 aliphatic heterocycles. The number of carbonyl (C=O) groups excluding carboxylic acids is 1. The highest BCUT2D eigenvalue weighted by molar-refractivity contribution is 14.0. The van der Waals surface area contributed by atoms with Crippen molar-refractivity contribution < 1.29 is 4.79 Å². The van der Waals surface area contributed by atoms with Crippen molar-refractivity contribution >= 4 is 41.7 Å². The monoisotopic (exact) mass is 461 g/mol. The van der Waals surface area contributed by atoms with E-state index in [0.29, 0.717) is 24.7 Å². The van der Waals surface area contributed by atoms with Crippen LogP contribution in [0.15, 0.2) is 23.3 Å². The van der Waals surface area contributed by atoms with Crippen molar-refractivity contribution in [2.24, 2.45) is 10.9 Å². The molecule has 0 radical (unpaired) electrons. The van der Waals surface area contributed by atoms with E-state index in [1.807, 2.05) is 26.0 Å². The third kappa shape index (κ3) is 10.3. The van der Waals surface area contributed by atoms with Crippen LogP contribution in [-0.4, -0.2) is 36.5 Å². The van der Waals surface area contributed by atoms with Crippen molar-refractivity contribution in [2.75, 3.05) is 25.0 Å². The number of aromatic nitrogens is 1. The molecule has 0 fully saturated rings. The maximum absolute atomic E-state index is 11.9. The highest BCUT2D eigenvalue weighted by Gasteiger charge is 2.06. The topological polar surface area (TPSA) is 78.4 Å². The smallest absolute Gasteiger partial charge is 0.227 e. The van der Waals surface area contributed by atoms with Gasteiger partial charge in [-0.15, -0.1) is 24.0 Å². The molecule has 1 heterocycles. The molecule has 6 nitrogen and oxygen atoms in total. The van der Waals surface area contributed by atoms with E-state index in [0.717, 1.165) is 37.5 Å². The second-order valence-electron chi connectivity index (χ2n) is 5.85. The average molecular weight is 461 g/mol. The number of hydrogen-bond donors (Lipinski definition) is 3. The lowest BCUT2D eigenvalue weighted by Gasteiger charge is -2.14. The number of nitrogens with zero attached hydrogens (tertiary/aromatic N) is 2. The Balaban J connectivity index is 0.00000576. The summed E-state index contributed by atoms with van der Waals surface area (Å²) in [5.74, 6) is 1.90. The number of halogens is 1. The molecule has 0 unspecified atom stereocenters. The summed E-state index contributed by atoms with van der Waals surface area (Å²) in [6, 6.07) is 3.73. The summed E-state index contributed by atoms with van der Waals surface area (Å²) in [7, 11) is 0. The fourth-order valence-electron chi connectivity index (χ4n) is 2.15. The van der Waals surface area contributed by atoms with Crippen molar-refractivity contribution in [3.05, 3.63) is 23.9 Å². The second kappa shape index (κ2) is 13.9. The number of rotatable bonds is 9. The van der Waals surface area contributed by atoms with E-state index in [2.05, 4.69) is 39.8 Å². The van der Waals surface area contributed by atoms with E-state index in [1.54, 1.807) is 6.20 Å². The van der Waals surface area contributed by atoms with Gasteiger partial charge in [0.2, 0.25) is 5.91 Å². The molecular formula is C18H32IN5O. The first-order valence-electron chi connectivity index (χ1n) is 8.83. The molecule has 0 aliphatic carbocycles. The number of aryl methyl sites for hydroxylation is 1. The fraction of sp³-hybridized carbons (Fsp3) is 0.611. The summed E-state index contributed by atoms with van der Waals surface area (Å²) >= 11 is 0. The number of hydrogen-bond acceptors (Lipinski definition) is 3. The molecule has 0 saturated carbocycles. The molecule has 0 bridgehead atoms. The van der Waals surface area contributed by atoms with Gasteiger partial charge in [0.1, 0.15) is 5.82 Å². The van der Waals surface area contributed by atoms with E-state index in [1.165, 1.54) is 0 Å². The van der Waals surface area contributed by atoms with Gasteiger partial charge in [-0.3, -0.25) is 9.79 Å². The molecule has 1 aromatic heterocycles.